The maximum absolute atomic E-state index is 3.53. The van der Waals surface area contributed by atoms with E-state index >= 15 is 0 Å². The molecule has 1 nitrogen and oxygen atoms in total. The highest BCUT2D eigenvalue weighted by Gasteiger charge is 1.97. The summed E-state index contributed by atoms with van der Waals surface area (Å²) >= 11 is 1.94. The molecule has 0 saturated carbocycles. The van der Waals surface area contributed by atoms with E-state index in [1.807, 2.05) is 11.8 Å². The maximum atomic E-state index is 3.53. The number of benzene rings is 2. The van der Waals surface area contributed by atoms with E-state index in [0.717, 1.165) is 24.8 Å². The van der Waals surface area contributed by atoms with Gasteiger partial charge in [-0.2, -0.15) is 0 Å². The Morgan fingerprint density at radius 2 is 1.80 bits per heavy atom. The maximum Gasteiger partial charge on any atom is 0.0106 e. The molecular weight excluding hydrogens is 262 g/mol. The fourth-order valence-electron chi connectivity index (χ4n) is 2.26. The Hall–Kier alpha value is -0.990. The first-order chi connectivity index (χ1) is 9.75. The molecule has 0 aliphatic rings. The van der Waals surface area contributed by atoms with E-state index in [-0.39, 0.29) is 0 Å². The fourth-order valence-corrected chi connectivity index (χ4v) is 3.12. The van der Waals surface area contributed by atoms with Crippen molar-refractivity contribution in [2.45, 2.75) is 31.6 Å². The Balaban J connectivity index is 1.68. The number of fused-ring (bicyclic) bond motifs is 1. The van der Waals surface area contributed by atoms with Gasteiger partial charge >= 0.3 is 0 Å². The van der Waals surface area contributed by atoms with Gasteiger partial charge in [-0.25, -0.2) is 0 Å². The molecule has 0 fully saturated rings. The molecule has 0 amide bonds. The molecule has 20 heavy (non-hydrogen) atoms. The first-order valence-corrected chi connectivity index (χ1v) is 8.56. The lowest BCUT2D eigenvalue weighted by atomic mass is 10.1. The van der Waals surface area contributed by atoms with Gasteiger partial charge in [0.15, 0.2) is 0 Å². The van der Waals surface area contributed by atoms with E-state index < -0.39 is 0 Å². The zero-order valence-electron chi connectivity index (χ0n) is 12.6. The molecule has 0 spiro atoms. The summed E-state index contributed by atoms with van der Waals surface area (Å²) in [5.41, 5.74) is 0. The van der Waals surface area contributed by atoms with Crippen LogP contribution in [0, 0.1) is 5.92 Å². The minimum atomic E-state index is 0.823. The topological polar surface area (TPSA) is 12.0 Å². The summed E-state index contributed by atoms with van der Waals surface area (Å²) in [6.45, 7) is 6.82. The molecule has 0 bridgehead atoms. The molecule has 1 N–H and O–H groups in total. The van der Waals surface area contributed by atoms with Crippen LogP contribution < -0.4 is 5.32 Å². The highest BCUT2D eigenvalue weighted by Crippen LogP contribution is 2.23. The average molecular weight is 287 g/mol. The Morgan fingerprint density at radius 1 is 1.00 bits per heavy atom. The molecule has 2 aromatic rings. The van der Waals surface area contributed by atoms with Crippen molar-refractivity contribution >= 4 is 22.5 Å². The smallest absolute Gasteiger partial charge is 0.0106 e. The standard InChI is InChI=1S/C18H25NS/c1-15(2)6-5-11-19-12-13-20-18-10-9-16-7-3-4-8-17(16)14-18/h3-4,7-10,14-15,19H,5-6,11-13H2,1-2H3. The minimum absolute atomic E-state index is 0.823. The van der Waals surface area contributed by atoms with Gasteiger partial charge in [0.25, 0.3) is 0 Å². The number of rotatable bonds is 8. The Morgan fingerprint density at radius 3 is 2.60 bits per heavy atom. The molecule has 0 radical (unpaired) electrons. The van der Waals surface area contributed by atoms with Crippen molar-refractivity contribution in [3.8, 4) is 0 Å². The molecule has 0 saturated heterocycles. The van der Waals surface area contributed by atoms with Crippen LogP contribution in [0.4, 0.5) is 0 Å². The van der Waals surface area contributed by atoms with Crippen molar-refractivity contribution in [2.24, 2.45) is 5.92 Å². The number of nitrogens with one attached hydrogen (secondary N) is 1. The van der Waals surface area contributed by atoms with Crippen LogP contribution in [-0.2, 0) is 0 Å². The number of hydrogen-bond acceptors (Lipinski definition) is 2. The molecule has 2 rings (SSSR count). The fraction of sp³-hybridized carbons (Fsp3) is 0.444. The summed E-state index contributed by atoms with van der Waals surface area (Å²) in [5, 5.41) is 6.19. The van der Waals surface area contributed by atoms with Crippen molar-refractivity contribution in [3.05, 3.63) is 42.5 Å². The third-order valence-electron chi connectivity index (χ3n) is 3.40. The quantitative estimate of drug-likeness (QED) is 0.544. The largest absolute Gasteiger partial charge is 0.316 e. The summed E-state index contributed by atoms with van der Waals surface area (Å²) in [6.07, 6.45) is 2.61. The first kappa shape index (κ1) is 15.4. The van der Waals surface area contributed by atoms with E-state index in [1.54, 1.807) is 0 Å². The van der Waals surface area contributed by atoms with Gasteiger partial charge in [0.1, 0.15) is 0 Å². The summed E-state index contributed by atoms with van der Waals surface area (Å²) in [7, 11) is 0. The van der Waals surface area contributed by atoms with Crippen molar-refractivity contribution < 1.29 is 0 Å². The van der Waals surface area contributed by atoms with E-state index in [1.165, 1.54) is 28.5 Å². The van der Waals surface area contributed by atoms with Crippen LogP contribution in [0.3, 0.4) is 0 Å². The summed E-state index contributed by atoms with van der Waals surface area (Å²) in [5.74, 6) is 1.96. The lowest BCUT2D eigenvalue weighted by Gasteiger charge is -2.07. The second-order valence-corrected chi connectivity index (χ2v) is 6.81. The molecular formula is C18H25NS. The Kier molecular flexibility index (Phi) is 6.41. The van der Waals surface area contributed by atoms with Crippen LogP contribution >= 0.6 is 11.8 Å². The minimum Gasteiger partial charge on any atom is -0.316 e. The van der Waals surface area contributed by atoms with Gasteiger partial charge in [-0.1, -0.05) is 44.2 Å². The summed E-state index contributed by atoms with van der Waals surface area (Å²) in [4.78, 5) is 1.37. The van der Waals surface area contributed by atoms with Crippen LogP contribution in [0.5, 0.6) is 0 Å². The summed E-state index contributed by atoms with van der Waals surface area (Å²) < 4.78 is 0. The normalized spacial score (nSPS) is 11.3. The van der Waals surface area contributed by atoms with Crippen LogP contribution in [0.25, 0.3) is 10.8 Å². The molecule has 0 aromatic heterocycles. The molecule has 0 heterocycles. The van der Waals surface area contributed by atoms with Gasteiger partial charge < -0.3 is 5.32 Å². The van der Waals surface area contributed by atoms with Crippen LogP contribution in [0.15, 0.2) is 47.4 Å². The highest BCUT2D eigenvalue weighted by atomic mass is 32.2. The second-order valence-electron chi connectivity index (χ2n) is 5.64. The van der Waals surface area contributed by atoms with Crippen molar-refractivity contribution in [2.75, 3.05) is 18.8 Å². The molecule has 2 heteroatoms. The Labute approximate surface area is 127 Å². The zero-order valence-corrected chi connectivity index (χ0v) is 13.4. The third-order valence-corrected chi connectivity index (χ3v) is 4.40. The number of hydrogen-bond donors (Lipinski definition) is 1. The van der Waals surface area contributed by atoms with Crippen LogP contribution in [0.1, 0.15) is 26.7 Å². The first-order valence-electron chi connectivity index (χ1n) is 7.58. The van der Waals surface area contributed by atoms with E-state index in [4.69, 9.17) is 0 Å². The zero-order chi connectivity index (χ0) is 14.2. The van der Waals surface area contributed by atoms with Crippen molar-refractivity contribution in [1.29, 1.82) is 0 Å². The van der Waals surface area contributed by atoms with E-state index in [9.17, 15) is 0 Å². The number of thioether (sulfide) groups is 1. The van der Waals surface area contributed by atoms with Crippen LogP contribution in [0.2, 0.25) is 0 Å². The molecule has 0 atom stereocenters. The van der Waals surface area contributed by atoms with Gasteiger partial charge in [0, 0.05) is 17.2 Å². The van der Waals surface area contributed by atoms with Gasteiger partial charge in [0.05, 0.1) is 0 Å². The van der Waals surface area contributed by atoms with Gasteiger partial charge in [-0.05, 0) is 48.2 Å². The van der Waals surface area contributed by atoms with E-state index in [0.29, 0.717) is 0 Å². The molecule has 2 aromatic carbocycles. The molecule has 0 aliphatic carbocycles. The second kappa shape index (κ2) is 8.33. The Bertz CT molecular complexity index is 522. The monoisotopic (exact) mass is 287 g/mol. The van der Waals surface area contributed by atoms with Crippen molar-refractivity contribution in [1.82, 2.24) is 5.32 Å². The summed E-state index contributed by atoms with van der Waals surface area (Å²) in [6, 6.07) is 15.3. The van der Waals surface area contributed by atoms with Gasteiger partial charge in [-0.15, -0.1) is 11.8 Å². The third kappa shape index (κ3) is 5.18. The lowest BCUT2D eigenvalue weighted by Crippen LogP contribution is -2.18. The highest BCUT2D eigenvalue weighted by molar-refractivity contribution is 7.99. The predicted octanol–water partition coefficient (Wildman–Crippen LogP) is 4.96. The molecule has 0 aliphatic heterocycles. The van der Waals surface area contributed by atoms with E-state index in [2.05, 4.69) is 61.6 Å². The van der Waals surface area contributed by atoms with Crippen molar-refractivity contribution in [3.63, 3.8) is 0 Å². The van der Waals surface area contributed by atoms with Gasteiger partial charge in [0.2, 0.25) is 0 Å². The van der Waals surface area contributed by atoms with Gasteiger partial charge in [-0.3, -0.25) is 0 Å². The van der Waals surface area contributed by atoms with Crippen LogP contribution in [-0.4, -0.2) is 18.8 Å². The average Bonchev–Trinajstić information content (AvgIpc) is 2.46. The SMILES string of the molecule is CC(C)CCCNCCSc1ccc2ccccc2c1. The molecule has 108 valence electrons. The molecule has 0 unspecified atom stereocenters. The lowest BCUT2D eigenvalue weighted by molar-refractivity contribution is 0.534. The predicted molar refractivity (Wildman–Crippen MR) is 91.6 cm³/mol.